The summed E-state index contributed by atoms with van der Waals surface area (Å²) in [6, 6.07) is 13.5. The van der Waals surface area contributed by atoms with Gasteiger partial charge in [0, 0.05) is 5.56 Å². The molecule has 2 atom stereocenters. The Hall–Kier alpha value is -3.02. The van der Waals surface area contributed by atoms with E-state index in [1.54, 1.807) is 37.4 Å². The lowest BCUT2D eigenvalue weighted by molar-refractivity contribution is -0.145. The van der Waals surface area contributed by atoms with Crippen molar-refractivity contribution >= 4 is 11.9 Å². The fourth-order valence-corrected chi connectivity index (χ4v) is 3.20. The standard InChI is InChI=1S/C24H31NO5/c1-5-8-17(2)16-30-20-13-11-18(12-14-20)23(24(27)29-4)25-22(26)15-19-9-6-7-10-21(19)28-3/h6-7,9-14,17,23H,5,8,15-16H2,1-4H3,(H,25,26)/t17?,23-/m1/s1. The molecule has 0 spiro atoms. The summed E-state index contributed by atoms with van der Waals surface area (Å²) in [5.74, 6) is 0.996. The van der Waals surface area contributed by atoms with Crippen molar-refractivity contribution in [2.24, 2.45) is 5.92 Å². The van der Waals surface area contributed by atoms with Gasteiger partial charge in [0.1, 0.15) is 11.5 Å². The highest BCUT2D eigenvalue weighted by molar-refractivity contribution is 5.86. The van der Waals surface area contributed by atoms with Gasteiger partial charge in [0.05, 0.1) is 27.2 Å². The zero-order valence-corrected chi connectivity index (χ0v) is 18.1. The summed E-state index contributed by atoms with van der Waals surface area (Å²) in [5.41, 5.74) is 1.37. The van der Waals surface area contributed by atoms with E-state index in [9.17, 15) is 9.59 Å². The summed E-state index contributed by atoms with van der Waals surface area (Å²) in [5, 5.41) is 2.76. The van der Waals surface area contributed by atoms with Crippen LogP contribution in [0.4, 0.5) is 0 Å². The monoisotopic (exact) mass is 413 g/mol. The molecule has 0 heterocycles. The van der Waals surface area contributed by atoms with E-state index in [2.05, 4.69) is 19.2 Å². The van der Waals surface area contributed by atoms with E-state index in [-0.39, 0.29) is 12.3 Å². The quantitative estimate of drug-likeness (QED) is 0.562. The summed E-state index contributed by atoms with van der Waals surface area (Å²) in [6.07, 6.45) is 2.33. The van der Waals surface area contributed by atoms with E-state index < -0.39 is 12.0 Å². The average Bonchev–Trinajstić information content (AvgIpc) is 2.76. The number of benzene rings is 2. The minimum Gasteiger partial charge on any atom is -0.496 e. The van der Waals surface area contributed by atoms with Crippen molar-refractivity contribution in [2.75, 3.05) is 20.8 Å². The third-order valence-corrected chi connectivity index (χ3v) is 4.82. The average molecular weight is 414 g/mol. The summed E-state index contributed by atoms with van der Waals surface area (Å²) in [7, 11) is 2.86. The number of hydrogen-bond donors (Lipinski definition) is 1. The lowest BCUT2D eigenvalue weighted by Gasteiger charge is -2.18. The Labute approximate surface area is 178 Å². The number of carbonyl (C=O) groups is 2. The molecule has 0 bridgehead atoms. The Morgan fingerprint density at radius 3 is 2.37 bits per heavy atom. The van der Waals surface area contributed by atoms with Crippen LogP contribution < -0.4 is 14.8 Å². The first kappa shape index (κ1) is 23.3. The van der Waals surface area contributed by atoms with Gasteiger partial charge in [-0.25, -0.2) is 4.79 Å². The van der Waals surface area contributed by atoms with Gasteiger partial charge in [-0.3, -0.25) is 4.79 Å². The van der Waals surface area contributed by atoms with Crippen LogP contribution in [0.1, 0.15) is 43.9 Å². The van der Waals surface area contributed by atoms with Gasteiger partial charge in [-0.2, -0.15) is 0 Å². The van der Waals surface area contributed by atoms with Crippen molar-refractivity contribution in [3.05, 3.63) is 59.7 Å². The number of ether oxygens (including phenoxy) is 3. The Morgan fingerprint density at radius 2 is 1.73 bits per heavy atom. The molecule has 0 saturated carbocycles. The van der Waals surface area contributed by atoms with Crippen molar-refractivity contribution < 1.29 is 23.8 Å². The lowest BCUT2D eigenvalue weighted by Crippen LogP contribution is -2.35. The number of esters is 1. The molecular weight excluding hydrogens is 382 g/mol. The van der Waals surface area contributed by atoms with Crippen LogP contribution in [-0.2, 0) is 20.7 Å². The Morgan fingerprint density at radius 1 is 1.03 bits per heavy atom. The summed E-state index contributed by atoms with van der Waals surface area (Å²) < 4.78 is 16.0. The first-order valence-corrected chi connectivity index (χ1v) is 10.2. The van der Waals surface area contributed by atoms with E-state index in [1.165, 1.54) is 7.11 Å². The number of rotatable bonds is 11. The second-order valence-electron chi connectivity index (χ2n) is 7.29. The molecule has 0 aliphatic heterocycles. The van der Waals surface area contributed by atoms with E-state index in [0.717, 1.165) is 24.2 Å². The fourth-order valence-electron chi connectivity index (χ4n) is 3.20. The van der Waals surface area contributed by atoms with Gasteiger partial charge in [0.2, 0.25) is 5.91 Å². The molecule has 2 rings (SSSR count). The van der Waals surface area contributed by atoms with Gasteiger partial charge >= 0.3 is 5.97 Å². The number of methoxy groups -OCH3 is 2. The van der Waals surface area contributed by atoms with Gasteiger partial charge in [-0.15, -0.1) is 0 Å². The highest BCUT2D eigenvalue weighted by Crippen LogP contribution is 2.22. The molecule has 2 aromatic rings. The summed E-state index contributed by atoms with van der Waals surface area (Å²) in [6.45, 7) is 4.95. The Kier molecular flexibility index (Phi) is 9.19. The molecule has 0 aromatic heterocycles. The molecule has 1 N–H and O–H groups in total. The normalized spacial score (nSPS) is 12.5. The van der Waals surface area contributed by atoms with Crippen LogP contribution in [-0.4, -0.2) is 32.7 Å². The molecule has 0 radical (unpaired) electrons. The molecule has 2 aromatic carbocycles. The summed E-state index contributed by atoms with van der Waals surface area (Å²) in [4.78, 5) is 24.9. The van der Waals surface area contributed by atoms with Gasteiger partial charge in [0.25, 0.3) is 0 Å². The topological polar surface area (TPSA) is 73.9 Å². The minimum atomic E-state index is -0.898. The van der Waals surface area contributed by atoms with Crippen molar-refractivity contribution in [1.82, 2.24) is 5.32 Å². The summed E-state index contributed by atoms with van der Waals surface area (Å²) >= 11 is 0. The molecule has 1 unspecified atom stereocenters. The zero-order valence-electron chi connectivity index (χ0n) is 18.1. The van der Waals surface area contributed by atoms with Gasteiger partial charge in [0.15, 0.2) is 6.04 Å². The number of amides is 1. The van der Waals surface area contributed by atoms with Crippen molar-refractivity contribution in [3.8, 4) is 11.5 Å². The third kappa shape index (κ3) is 6.79. The maximum Gasteiger partial charge on any atom is 0.333 e. The van der Waals surface area contributed by atoms with E-state index in [1.807, 2.05) is 18.2 Å². The predicted octanol–water partition coefficient (Wildman–Crippen LogP) is 4.08. The molecule has 0 aliphatic carbocycles. The second-order valence-corrected chi connectivity index (χ2v) is 7.29. The van der Waals surface area contributed by atoms with E-state index >= 15 is 0 Å². The van der Waals surface area contributed by atoms with Crippen molar-refractivity contribution in [1.29, 1.82) is 0 Å². The van der Waals surface area contributed by atoms with Crippen LogP contribution in [0.5, 0.6) is 11.5 Å². The molecule has 1 amide bonds. The minimum absolute atomic E-state index is 0.0913. The highest BCUT2D eigenvalue weighted by atomic mass is 16.5. The molecule has 6 nitrogen and oxygen atoms in total. The first-order valence-electron chi connectivity index (χ1n) is 10.2. The van der Waals surface area contributed by atoms with E-state index in [0.29, 0.717) is 23.8 Å². The predicted molar refractivity (Wildman–Crippen MR) is 116 cm³/mol. The number of hydrogen-bond acceptors (Lipinski definition) is 5. The Bertz CT molecular complexity index is 819. The largest absolute Gasteiger partial charge is 0.496 e. The van der Waals surface area contributed by atoms with Crippen molar-refractivity contribution in [2.45, 2.75) is 39.2 Å². The number of carbonyl (C=O) groups excluding carboxylic acids is 2. The molecule has 0 fully saturated rings. The maximum absolute atomic E-state index is 12.6. The number of nitrogens with one attached hydrogen (secondary N) is 1. The fraction of sp³-hybridized carbons (Fsp3) is 0.417. The van der Waals surface area contributed by atoms with Crippen LogP contribution in [0.15, 0.2) is 48.5 Å². The molecule has 30 heavy (non-hydrogen) atoms. The first-order chi connectivity index (χ1) is 14.5. The van der Waals surface area contributed by atoms with Gasteiger partial charge in [-0.05, 0) is 36.1 Å². The molecular formula is C24H31NO5. The third-order valence-electron chi connectivity index (χ3n) is 4.82. The van der Waals surface area contributed by atoms with Crippen LogP contribution in [0.3, 0.4) is 0 Å². The SMILES string of the molecule is CCCC(C)COc1ccc([C@@H](NC(=O)Cc2ccccc2OC)C(=O)OC)cc1. The lowest BCUT2D eigenvalue weighted by atomic mass is 10.1. The zero-order chi connectivity index (χ0) is 21.9. The van der Waals surface area contributed by atoms with E-state index in [4.69, 9.17) is 14.2 Å². The smallest absolute Gasteiger partial charge is 0.333 e. The molecule has 0 aliphatic rings. The Balaban J connectivity index is 2.06. The van der Waals surface area contributed by atoms with Crippen LogP contribution in [0.2, 0.25) is 0 Å². The highest BCUT2D eigenvalue weighted by Gasteiger charge is 2.24. The van der Waals surface area contributed by atoms with Gasteiger partial charge in [-0.1, -0.05) is 50.6 Å². The second kappa shape index (κ2) is 11.9. The van der Waals surface area contributed by atoms with Crippen LogP contribution in [0.25, 0.3) is 0 Å². The van der Waals surface area contributed by atoms with Crippen molar-refractivity contribution in [3.63, 3.8) is 0 Å². The molecule has 6 heteroatoms. The van der Waals surface area contributed by atoms with Crippen LogP contribution >= 0.6 is 0 Å². The molecule has 162 valence electrons. The van der Waals surface area contributed by atoms with Gasteiger partial charge < -0.3 is 19.5 Å². The number of para-hydroxylation sites is 1. The molecule has 0 saturated heterocycles. The maximum atomic E-state index is 12.6. The van der Waals surface area contributed by atoms with Crippen LogP contribution in [0, 0.1) is 5.92 Å².